The molecule has 1 aliphatic heterocycles. The van der Waals surface area contributed by atoms with Gasteiger partial charge < -0.3 is 20.4 Å². The summed E-state index contributed by atoms with van der Waals surface area (Å²) in [6.45, 7) is 2.57. The van der Waals surface area contributed by atoms with Gasteiger partial charge in [-0.25, -0.2) is 4.39 Å². The highest BCUT2D eigenvalue weighted by Crippen LogP contribution is 2.26. The number of aromatic nitrogens is 2. The summed E-state index contributed by atoms with van der Waals surface area (Å²) in [6.07, 6.45) is 0.801. The van der Waals surface area contributed by atoms with E-state index in [1.165, 1.54) is 6.07 Å². The number of carbonyl (C=O) groups excluding carboxylic acids is 1. The summed E-state index contributed by atoms with van der Waals surface area (Å²) in [4.78, 5) is 31.2. The Labute approximate surface area is 166 Å². The maximum atomic E-state index is 13.5. The molecule has 2 aromatic heterocycles. The Balaban J connectivity index is 1.46. The predicted octanol–water partition coefficient (Wildman–Crippen LogP) is 2.43. The average molecular weight is 398 g/mol. The molecule has 29 heavy (non-hydrogen) atoms. The second-order valence-electron chi connectivity index (χ2n) is 7.30. The Kier molecular flexibility index (Phi) is 5.35. The molecule has 152 valence electrons. The lowest BCUT2D eigenvalue weighted by Crippen LogP contribution is -2.38. The zero-order valence-corrected chi connectivity index (χ0v) is 15.9. The number of rotatable bonds is 6. The number of nitrogens with two attached hydrogens (primary N) is 1. The van der Waals surface area contributed by atoms with E-state index in [1.807, 2.05) is 24.3 Å². The van der Waals surface area contributed by atoms with E-state index in [-0.39, 0.29) is 5.69 Å². The van der Waals surface area contributed by atoms with Crippen LogP contribution in [0.2, 0.25) is 0 Å². The molecule has 0 spiro atoms. The van der Waals surface area contributed by atoms with Crippen LogP contribution in [-0.4, -0.2) is 53.2 Å². The number of carbonyl (C=O) groups is 1. The highest BCUT2D eigenvalue weighted by atomic mass is 19.1. The van der Waals surface area contributed by atoms with Crippen LogP contribution in [0.5, 0.6) is 5.75 Å². The number of hydrogen-bond donors (Lipinski definition) is 3. The predicted molar refractivity (Wildman–Crippen MR) is 109 cm³/mol. The maximum Gasteiger partial charge on any atom is 0.265 e. The molecule has 0 bridgehead atoms. The van der Waals surface area contributed by atoms with Crippen molar-refractivity contribution in [1.82, 2.24) is 14.9 Å². The van der Waals surface area contributed by atoms with Gasteiger partial charge in [-0.15, -0.1) is 0 Å². The third-order valence-corrected chi connectivity index (χ3v) is 5.18. The number of nitrogens with zero attached hydrogens (tertiary/aromatic N) is 1. The molecule has 4 rings (SSSR count). The minimum Gasteiger partial charge on any atom is -0.492 e. The van der Waals surface area contributed by atoms with Crippen LogP contribution < -0.4 is 16.0 Å². The van der Waals surface area contributed by atoms with Crippen molar-refractivity contribution >= 4 is 16.8 Å². The zero-order chi connectivity index (χ0) is 20.4. The molecule has 3 heterocycles. The van der Waals surface area contributed by atoms with Crippen molar-refractivity contribution in [1.29, 1.82) is 0 Å². The molecule has 8 heteroatoms. The Morgan fingerprint density at radius 2 is 2.10 bits per heavy atom. The lowest BCUT2D eigenvalue weighted by Gasteiger charge is -2.28. The van der Waals surface area contributed by atoms with E-state index in [0.717, 1.165) is 29.6 Å². The molecule has 1 saturated heterocycles. The first-order valence-electron chi connectivity index (χ1n) is 9.65. The van der Waals surface area contributed by atoms with E-state index >= 15 is 0 Å². The fraction of sp³-hybridized carbons (Fsp3) is 0.333. The van der Waals surface area contributed by atoms with Gasteiger partial charge in [-0.2, -0.15) is 0 Å². The number of aromatic amines is 2. The van der Waals surface area contributed by atoms with E-state index in [0.29, 0.717) is 37.4 Å². The van der Waals surface area contributed by atoms with Crippen molar-refractivity contribution in [2.24, 2.45) is 5.73 Å². The zero-order valence-electron chi connectivity index (χ0n) is 15.9. The number of benzene rings is 1. The molecule has 4 N–H and O–H groups in total. The van der Waals surface area contributed by atoms with Crippen LogP contribution in [0.1, 0.15) is 23.3 Å². The standard InChI is InChI=1S/C21H23FN4O3/c22-14-2-1-7-26(12-14)8-9-29-15-3-5-17-13(10-15)11-19(24-17)16-4-6-18(20(23)27)25-21(16)28/h3-6,10-11,14,24H,1-2,7-9,12H2,(H2,23,27)(H,25,28). The van der Waals surface area contributed by atoms with Crippen molar-refractivity contribution in [3.05, 3.63) is 52.4 Å². The van der Waals surface area contributed by atoms with Crippen molar-refractivity contribution < 1.29 is 13.9 Å². The SMILES string of the molecule is NC(=O)c1ccc(-c2cc3cc(OCCN4CCCC(F)C4)ccc3[nH]2)c(=O)[nH]1. The van der Waals surface area contributed by atoms with Crippen molar-refractivity contribution in [3.63, 3.8) is 0 Å². The summed E-state index contributed by atoms with van der Waals surface area (Å²) < 4.78 is 19.3. The van der Waals surface area contributed by atoms with Gasteiger partial charge in [0.1, 0.15) is 24.2 Å². The number of pyridine rings is 1. The molecule has 1 aromatic carbocycles. The van der Waals surface area contributed by atoms with E-state index < -0.39 is 17.6 Å². The topological polar surface area (TPSA) is 104 Å². The van der Waals surface area contributed by atoms with Crippen LogP contribution in [0, 0.1) is 0 Å². The molecule has 1 atom stereocenters. The van der Waals surface area contributed by atoms with Crippen molar-refractivity contribution in [2.75, 3.05) is 26.2 Å². The van der Waals surface area contributed by atoms with E-state index in [4.69, 9.17) is 10.5 Å². The van der Waals surface area contributed by atoms with Gasteiger partial charge in [0, 0.05) is 24.0 Å². The van der Waals surface area contributed by atoms with Crippen LogP contribution in [0.15, 0.2) is 41.2 Å². The Morgan fingerprint density at radius 1 is 1.24 bits per heavy atom. The lowest BCUT2D eigenvalue weighted by molar-refractivity contribution is 0.0995. The summed E-state index contributed by atoms with van der Waals surface area (Å²) in [5.74, 6) is 0.0357. The number of alkyl halides is 1. The van der Waals surface area contributed by atoms with Crippen molar-refractivity contribution in [2.45, 2.75) is 19.0 Å². The normalized spacial score (nSPS) is 17.5. The fourth-order valence-electron chi connectivity index (χ4n) is 3.67. The molecule has 0 radical (unpaired) electrons. The second kappa shape index (κ2) is 8.08. The van der Waals surface area contributed by atoms with Crippen LogP contribution >= 0.6 is 0 Å². The molecule has 0 aliphatic carbocycles. The average Bonchev–Trinajstić information content (AvgIpc) is 3.11. The van der Waals surface area contributed by atoms with Gasteiger partial charge in [0.15, 0.2) is 0 Å². The van der Waals surface area contributed by atoms with Crippen LogP contribution in [-0.2, 0) is 0 Å². The minimum absolute atomic E-state index is 0.0679. The summed E-state index contributed by atoms with van der Waals surface area (Å²) in [5.41, 5.74) is 6.78. The Morgan fingerprint density at radius 3 is 2.86 bits per heavy atom. The highest BCUT2D eigenvalue weighted by Gasteiger charge is 2.18. The molecule has 3 aromatic rings. The third kappa shape index (κ3) is 4.32. The maximum absolute atomic E-state index is 13.5. The van der Waals surface area contributed by atoms with Gasteiger partial charge in [-0.05, 0) is 55.8 Å². The van der Waals surface area contributed by atoms with E-state index in [1.54, 1.807) is 6.07 Å². The van der Waals surface area contributed by atoms with Gasteiger partial charge in [-0.1, -0.05) is 0 Å². The highest BCUT2D eigenvalue weighted by molar-refractivity contribution is 5.91. The first-order valence-corrected chi connectivity index (χ1v) is 9.65. The first-order chi connectivity index (χ1) is 14.0. The first kappa shape index (κ1) is 19.2. The number of amides is 1. The number of ether oxygens (including phenoxy) is 1. The van der Waals surface area contributed by atoms with Gasteiger partial charge >= 0.3 is 0 Å². The van der Waals surface area contributed by atoms with Gasteiger partial charge in [-0.3, -0.25) is 14.5 Å². The molecule has 1 fully saturated rings. The van der Waals surface area contributed by atoms with Crippen LogP contribution in [0.4, 0.5) is 4.39 Å². The van der Waals surface area contributed by atoms with Crippen LogP contribution in [0.3, 0.4) is 0 Å². The number of hydrogen-bond acceptors (Lipinski definition) is 4. The molecule has 1 aliphatic rings. The summed E-state index contributed by atoms with van der Waals surface area (Å²) in [6, 6.07) is 10.6. The summed E-state index contributed by atoms with van der Waals surface area (Å²) >= 11 is 0. The minimum atomic E-state index is -0.737. The monoisotopic (exact) mass is 398 g/mol. The number of likely N-dealkylation sites (tertiary alicyclic amines) is 1. The number of halogens is 1. The summed E-state index contributed by atoms with van der Waals surface area (Å²) in [7, 11) is 0. The van der Waals surface area contributed by atoms with Crippen molar-refractivity contribution in [3.8, 4) is 17.0 Å². The number of piperidine rings is 1. The lowest BCUT2D eigenvalue weighted by atomic mass is 10.1. The molecule has 1 amide bonds. The Hall–Kier alpha value is -3.13. The molecule has 7 nitrogen and oxygen atoms in total. The molecular formula is C21H23FN4O3. The van der Waals surface area contributed by atoms with Crippen LogP contribution in [0.25, 0.3) is 22.2 Å². The molecule has 0 saturated carbocycles. The van der Waals surface area contributed by atoms with Gasteiger partial charge in [0.05, 0.1) is 11.3 Å². The van der Waals surface area contributed by atoms with Gasteiger partial charge in [0.25, 0.3) is 11.5 Å². The fourth-order valence-corrected chi connectivity index (χ4v) is 3.67. The number of nitrogens with one attached hydrogen (secondary N) is 2. The Bertz CT molecular complexity index is 1090. The third-order valence-electron chi connectivity index (χ3n) is 5.18. The quantitative estimate of drug-likeness (QED) is 0.593. The van der Waals surface area contributed by atoms with Gasteiger partial charge in [0.2, 0.25) is 0 Å². The molecule has 1 unspecified atom stereocenters. The molecular weight excluding hydrogens is 375 g/mol. The number of H-pyrrole nitrogens is 2. The summed E-state index contributed by atoms with van der Waals surface area (Å²) in [5, 5.41) is 0.901. The van der Waals surface area contributed by atoms with E-state index in [9.17, 15) is 14.0 Å². The largest absolute Gasteiger partial charge is 0.492 e. The smallest absolute Gasteiger partial charge is 0.265 e. The van der Waals surface area contributed by atoms with E-state index in [2.05, 4.69) is 14.9 Å². The number of primary amides is 1. The number of fused-ring (bicyclic) bond motifs is 1. The second-order valence-corrected chi connectivity index (χ2v) is 7.30.